The van der Waals surface area contributed by atoms with Crippen molar-refractivity contribution in [3.63, 3.8) is 0 Å². The third-order valence-corrected chi connectivity index (χ3v) is 5.66. The van der Waals surface area contributed by atoms with Crippen LogP contribution in [-0.2, 0) is 6.61 Å². The number of benzene rings is 2. The lowest BCUT2D eigenvalue weighted by molar-refractivity contribution is 0.0735. The third kappa shape index (κ3) is 3.90. The molecule has 30 heavy (non-hydrogen) atoms. The van der Waals surface area contributed by atoms with Crippen LogP contribution in [0.15, 0.2) is 53.1 Å². The zero-order chi connectivity index (χ0) is 21.1. The average Bonchev–Trinajstić information content (AvgIpc) is 3.39. The highest BCUT2D eigenvalue weighted by atomic mass is 16.5. The molecule has 0 spiro atoms. The zero-order valence-electron chi connectivity index (χ0n) is 17.6. The third-order valence-electron chi connectivity index (χ3n) is 5.66. The van der Waals surface area contributed by atoms with Gasteiger partial charge in [-0.15, -0.1) is 0 Å². The topological polar surface area (TPSA) is 64.8 Å². The second kappa shape index (κ2) is 8.61. The van der Waals surface area contributed by atoms with E-state index in [-0.39, 0.29) is 11.9 Å². The molecule has 4 rings (SSSR count). The van der Waals surface area contributed by atoms with Gasteiger partial charge < -0.3 is 18.9 Å². The first-order valence-corrected chi connectivity index (χ1v) is 10.2. The molecule has 3 aromatic rings. The maximum absolute atomic E-state index is 13.3. The number of ether oxygens (including phenoxy) is 2. The molecule has 6 nitrogen and oxygen atoms in total. The van der Waals surface area contributed by atoms with Crippen LogP contribution in [-0.4, -0.2) is 29.6 Å². The van der Waals surface area contributed by atoms with E-state index in [2.05, 4.69) is 17.3 Å². The van der Waals surface area contributed by atoms with E-state index >= 15 is 0 Å². The second-order valence-corrected chi connectivity index (χ2v) is 7.52. The maximum Gasteiger partial charge on any atom is 0.254 e. The van der Waals surface area contributed by atoms with E-state index in [0.717, 1.165) is 36.4 Å². The summed E-state index contributed by atoms with van der Waals surface area (Å²) in [5, 5.41) is 3.95. The van der Waals surface area contributed by atoms with Crippen LogP contribution in [0.3, 0.4) is 0 Å². The highest BCUT2D eigenvalue weighted by molar-refractivity contribution is 5.95. The summed E-state index contributed by atoms with van der Waals surface area (Å²) in [6.07, 6.45) is 1.98. The normalized spacial score (nSPS) is 16.0. The van der Waals surface area contributed by atoms with Gasteiger partial charge in [-0.05, 0) is 50.5 Å². The number of aromatic nitrogens is 1. The molecule has 0 radical (unpaired) electrons. The quantitative estimate of drug-likeness (QED) is 0.585. The number of nitrogens with zero attached hydrogens (tertiary/aromatic N) is 2. The van der Waals surface area contributed by atoms with Crippen LogP contribution in [0.25, 0.3) is 0 Å². The Morgan fingerprint density at radius 1 is 1.17 bits per heavy atom. The van der Waals surface area contributed by atoms with Crippen molar-refractivity contribution in [1.82, 2.24) is 10.1 Å². The molecule has 0 unspecified atom stereocenters. The van der Waals surface area contributed by atoms with E-state index in [1.54, 1.807) is 25.3 Å². The van der Waals surface area contributed by atoms with E-state index in [1.165, 1.54) is 5.56 Å². The van der Waals surface area contributed by atoms with Crippen molar-refractivity contribution in [2.24, 2.45) is 0 Å². The number of carbonyl (C=O) groups is 1. The molecule has 0 saturated carbocycles. The number of amides is 1. The summed E-state index contributed by atoms with van der Waals surface area (Å²) in [5.74, 6) is 1.86. The van der Waals surface area contributed by atoms with Crippen molar-refractivity contribution >= 4 is 5.91 Å². The standard InChI is InChI=1S/C24H26N2O4/c1-16-20(17(2)30-25-16)15-29-22-12-11-19(14-23(22)28-3)24(27)26-13-7-10-21(26)18-8-5-4-6-9-18/h4-6,8-9,11-12,14,21H,7,10,13,15H2,1-3H3/t21-/m1/s1. The monoisotopic (exact) mass is 406 g/mol. The minimum absolute atomic E-state index is 0.0110. The largest absolute Gasteiger partial charge is 0.493 e. The molecular formula is C24H26N2O4. The van der Waals surface area contributed by atoms with Crippen LogP contribution in [0.2, 0.25) is 0 Å². The van der Waals surface area contributed by atoms with E-state index < -0.39 is 0 Å². The van der Waals surface area contributed by atoms with Crippen molar-refractivity contribution in [2.45, 2.75) is 39.3 Å². The average molecular weight is 406 g/mol. The van der Waals surface area contributed by atoms with Gasteiger partial charge in [0, 0.05) is 12.1 Å². The van der Waals surface area contributed by atoms with Gasteiger partial charge in [0.25, 0.3) is 5.91 Å². The van der Waals surface area contributed by atoms with E-state index in [4.69, 9.17) is 14.0 Å². The SMILES string of the molecule is COc1cc(C(=O)N2CCC[C@@H]2c2ccccc2)ccc1OCc1c(C)noc1C. The molecule has 1 aliphatic rings. The summed E-state index contributed by atoms with van der Waals surface area (Å²) in [7, 11) is 1.58. The highest BCUT2D eigenvalue weighted by Gasteiger charge is 2.30. The number of hydrogen-bond donors (Lipinski definition) is 0. The molecule has 156 valence electrons. The van der Waals surface area contributed by atoms with Gasteiger partial charge in [0.15, 0.2) is 11.5 Å². The summed E-state index contributed by atoms with van der Waals surface area (Å²) < 4.78 is 16.6. The number of aryl methyl sites for hydroxylation is 2. The maximum atomic E-state index is 13.3. The number of methoxy groups -OCH3 is 1. The Morgan fingerprint density at radius 3 is 2.67 bits per heavy atom. The molecule has 1 amide bonds. The van der Waals surface area contributed by atoms with Crippen molar-refractivity contribution in [3.8, 4) is 11.5 Å². The molecule has 2 heterocycles. The lowest BCUT2D eigenvalue weighted by Crippen LogP contribution is -2.30. The second-order valence-electron chi connectivity index (χ2n) is 7.52. The molecular weight excluding hydrogens is 380 g/mol. The molecule has 1 saturated heterocycles. The van der Waals surface area contributed by atoms with Crippen LogP contribution in [0.5, 0.6) is 11.5 Å². The number of hydrogen-bond acceptors (Lipinski definition) is 5. The molecule has 0 bridgehead atoms. The van der Waals surface area contributed by atoms with Crippen molar-refractivity contribution in [3.05, 3.63) is 76.7 Å². The molecule has 1 aliphatic heterocycles. The van der Waals surface area contributed by atoms with Gasteiger partial charge in [-0.2, -0.15) is 0 Å². The van der Waals surface area contributed by atoms with Crippen LogP contribution in [0.4, 0.5) is 0 Å². The Hall–Kier alpha value is -3.28. The Balaban J connectivity index is 1.52. The fourth-order valence-corrected chi connectivity index (χ4v) is 3.98. The molecule has 0 aliphatic carbocycles. The Kier molecular flexibility index (Phi) is 5.74. The van der Waals surface area contributed by atoms with Crippen molar-refractivity contribution in [1.29, 1.82) is 0 Å². The number of likely N-dealkylation sites (tertiary alicyclic amines) is 1. The van der Waals surface area contributed by atoms with Crippen molar-refractivity contribution < 1.29 is 18.8 Å². The fraction of sp³-hybridized carbons (Fsp3) is 0.333. The Morgan fingerprint density at radius 2 is 1.97 bits per heavy atom. The first-order chi connectivity index (χ1) is 14.6. The van der Waals surface area contributed by atoms with E-state index in [9.17, 15) is 4.79 Å². The summed E-state index contributed by atoms with van der Waals surface area (Å²) >= 11 is 0. The summed E-state index contributed by atoms with van der Waals surface area (Å²) in [4.78, 5) is 15.2. The Bertz CT molecular complexity index is 1010. The fourth-order valence-electron chi connectivity index (χ4n) is 3.98. The lowest BCUT2D eigenvalue weighted by Gasteiger charge is -2.25. The summed E-state index contributed by atoms with van der Waals surface area (Å²) in [6.45, 7) is 4.82. The molecule has 1 aromatic heterocycles. The molecule has 2 aromatic carbocycles. The van der Waals surface area contributed by atoms with Crippen LogP contribution < -0.4 is 9.47 Å². The lowest BCUT2D eigenvalue weighted by atomic mass is 10.0. The summed E-state index contributed by atoms with van der Waals surface area (Å²) in [6, 6.07) is 15.7. The van der Waals surface area contributed by atoms with Gasteiger partial charge in [0.2, 0.25) is 0 Å². The van der Waals surface area contributed by atoms with Gasteiger partial charge in [-0.3, -0.25) is 4.79 Å². The first kappa shape index (κ1) is 20.0. The van der Waals surface area contributed by atoms with Crippen molar-refractivity contribution in [2.75, 3.05) is 13.7 Å². The Labute approximate surface area is 176 Å². The summed E-state index contributed by atoms with van der Waals surface area (Å²) in [5.41, 5.74) is 3.49. The number of carbonyl (C=O) groups excluding carboxylic acids is 1. The van der Waals surface area contributed by atoms with Gasteiger partial charge in [-0.25, -0.2) is 0 Å². The van der Waals surface area contributed by atoms with E-state index in [0.29, 0.717) is 23.7 Å². The van der Waals surface area contributed by atoms with Gasteiger partial charge in [0.05, 0.1) is 24.4 Å². The predicted octanol–water partition coefficient (Wildman–Crippen LogP) is 4.86. The number of rotatable bonds is 6. The van der Waals surface area contributed by atoms with Crippen LogP contribution >= 0.6 is 0 Å². The van der Waals surface area contributed by atoms with Gasteiger partial charge in [0.1, 0.15) is 12.4 Å². The highest BCUT2D eigenvalue weighted by Crippen LogP contribution is 2.35. The molecule has 0 N–H and O–H groups in total. The van der Waals surface area contributed by atoms with Gasteiger partial charge >= 0.3 is 0 Å². The van der Waals surface area contributed by atoms with Crippen LogP contribution in [0.1, 0.15) is 51.8 Å². The molecule has 1 atom stereocenters. The van der Waals surface area contributed by atoms with Crippen LogP contribution in [0, 0.1) is 13.8 Å². The molecule has 6 heteroatoms. The minimum atomic E-state index is 0.0110. The predicted molar refractivity (Wildman–Crippen MR) is 113 cm³/mol. The minimum Gasteiger partial charge on any atom is -0.493 e. The zero-order valence-corrected chi connectivity index (χ0v) is 17.6. The van der Waals surface area contributed by atoms with E-state index in [1.807, 2.05) is 36.9 Å². The smallest absolute Gasteiger partial charge is 0.254 e. The van der Waals surface area contributed by atoms with Gasteiger partial charge in [-0.1, -0.05) is 35.5 Å². The first-order valence-electron chi connectivity index (χ1n) is 10.2. The molecule has 1 fully saturated rings.